The average Bonchev–Trinajstić information content (AvgIpc) is 2.65. The van der Waals surface area contributed by atoms with E-state index in [-0.39, 0.29) is 0 Å². The van der Waals surface area contributed by atoms with E-state index in [0.29, 0.717) is 12.0 Å². The topological polar surface area (TPSA) is 20.7 Å². The Labute approximate surface area is 123 Å². The second kappa shape index (κ2) is 4.95. The van der Waals surface area contributed by atoms with Crippen LogP contribution in [0.4, 0.5) is 0 Å². The van der Waals surface area contributed by atoms with Crippen LogP contribution in [0.15, 0.2) is 18.2 Å². The molecule has 1 aromatic carbocycles. The van der Waals surface area contributed by atoms with Crippen LogP contribution in [-0.4, -0.2) is 9.55 Å². The number of hydrogen-bond acceptors (Lipinski definition) is 1. The van der Waals surface area contributed by atoms with Gasteiger partial charge in [-0.1, -0.05) is 25.4 Å². The Bertz CT molecular complexity index is 658. The third kappa shape index (κ3) is 2.34. The number of imidazole rings is 1. The standard InChI is InChI=1S/C15H19ClN2S/c1-9-3-6-13(10(2)7-9)18-14-8-11(16)4-5-12(14)17-15(18)19/h4-5,8-10,13H,3,6-7H2,1-2H3,(H,17,19). The molecule has 1 saturated carbocycles. The Morgan fingerprint density at radius 1 is 1.32 bits per heavy atom. The second-order valence-electron chi connectivity index (χ2n) is 5.92. The molecule has 19 heavy (non-hydrogen) atoms. The summed E-state index contributed by atoms with van der Waals surface area (Å²) in [4.78, 5) is 3.30. The minimum Gasteiger partial charge on any atom is -0.331 e. The molecule has 1 aliphatic carbocycles. The van der Waals surface area contributed by atoms with Gasteiger partial charge in [0, 0.05) is 11.1 Å². The third-order valence-electron chi connectivity index (χ3n) is 4.40. The SMILES string of the molecule is CC1CCC(n2c(=S)[nH]c3ccc(Cl)cc32)C(C)C1. The summed E-state index contributed by atoms with van der Waals surface area (Å²) in [6.45, 7) is 4.68. The molecule has 0 spiro atoms. The van der Waals surface area contributed by atoms with E-state index in [4.69, 9.17) is 23.8 Å². The minimum absolute atomic E-state index is 0.496. The van der Waals surface area contributed by atoms with Gasteiger partial charge in [-0.25, -0.2) is 0 Å². The Morgan fingerprint density at radius 3 is 2.84 bits per heavy atom. The van der Waals surface area contributed by atoms with Crippen molar-refractivity contribution in [3.05, 3.63) is 28.0 Å². The van der Waals surface area contributed by atoms with Gasteiger partial charge in [0.05, 0.1) is 11.0 Å². The number of nitrogens with one attached hydrogen (secondary N) is 1. The largest absolute Gasteiger partial charge is 0.331 e. The zero-order valence-electron chi connectivity index (χ0n) is 11.3. The van der Waals surface area contributed by atoms with Gasteiger partial charge in [0.1, 0.15) is 0 Å². The molecular weight excluding hydrogens is 276 g/mol. The lowest BCUT2D eigenvalue weighted by atomic mass is 9.79. The molecule has 3 unspecified atom stereocenters. The maximum absolute atomic E-state index is 6.14. The van der Waals surface area contributed by atoms with Gasteiger partial charge >= 0.3 is 0 Å². The molecule has 1 aliphatic rings. The van der Waals surface area contributed by atoms with Crippen molar-refractivity contribution < 1.29 is 0 Å². The number of aromatic amines is 1. The van der Waals surface area contributed by atoms with Gasteiger partial charge in [0.2, 0.25) is 0 Å². The van der Waals surface area contributed by atoms with Crippen LogP contribution < -0.4 is 0 Å². The predicted octanol–water partition coefficient (Wildman–Crippen LogP) is 5.35. The van der Waals surface area contributed by atoms with Crippen molar-refractivity contribution in [1.82, 2.24) is 9.55 Å². The molecule has 3 atom stereocenters. The quantitative estimate of drug-likeness (QED) is 0.703. The molecule has 0 aliphatic heterocycles. The number of nitrogens with zero attached hydrogens (tertiary/aromatic N) is 1. The molecule has 1 N–H and O–H groups in total. The molecule has 3 rings (SSSR count). The molecule has 102 valence electrons. The van der Waals surface area contributed by atoms with Crippen LogP contribution in [0.3, 0.4) is 0 Å². The van der Waals surface area contributed by atoms with E-state index in [1.165, 1.54) is 19.3 Å². The van der Waals surface area contributed by atoms with E-state index >= 15 is 0 Å². The van der Waals surface area contributed by atoms with Crippen molar-refractivity contribution in [3.63, 3.8) is 0 Å². The molecule has 0 bridgehead atoms. The third-order valence-corrected chi connectivity index (χ3v) is 4.93. The van der Waals surface area contributed by atoms with Gasteiger partial charge in [-0.05, 0) is 61.5 Å². The van der Waals surface area contributed by atoms with Gasteiger partial charge in [-0.2, -0.15) is 0 Å². The van der Waals surface area contributed by atoms with Gasteiger partial charge in [-0.3, -0.25) is 0 Å². The monoisotopic (exact) mass is 294 g/mol. The Balaban J connectivity index is 2.11. The van der Waals surface area contributed by atoms with E-state index in [0.717, 1.165) is 26.7 Å². The number of rotatable bonds is 1. The van der Waals surface area contributed by atoms with Crippen LogP contribution in [0.25, 0.3) is 11.0 Å². The summed E-state index contributed by atoms with van der Waals surface area (Å²) >= 11 is 11.7. The molecule has 2 nitrogen and oxygen atoms in total. The highest BCUT2D eigenvalue weighted by molar-refractivity contribution is 7.71. The van der Waals surface area contributed by atoms with E-state index in [9.17, 15) is 0 Å². The molecule has 0 saturated heterocycles. The molecule has 2 aromatic rings. The fourth-order valence-electron chi connectivity index (χ4n) is 3.46. The lowest BCUT2D eigenvalue weighted by Crippen LogP contribution is -2.24. The number of fused-ring (bicyclic) bond motifs is 1. The zero-order chi connectivity index (χ0) is 13.6. The summed E-state index contributed by atoms with van der Waals surface area (Å²) in [7, 11) is 0. The minimum atomic E-state index is 0.496. The van der Waals surface area contributed by atoms with Crippen LogP contribution in [0.2, 0.25) is 5.02 Å². The molecular formula is C15H19ClN2S. The number of aromatic nitrogens is 2. The lowest BCUT2D eigenvalue weighted by molar-refractivity contribution is 0.210. The highest BCUT2D eigenvalue weighted by atomic mass is 35.5. The summed E-state index contributed by atoms with van der Waals surface area (Å²) in [6, 6.07) is 6.44. The summed E-state index contributed by atoms with van der Waals surface area (Å²) in [5.41, 5.74) is 2.23. The number of halogens is 1. The van der Waals surface area contributed by atoms with E-state index in [2.05, 4.69) is 23.4 Å². The first-order valence-corrected chi connectivity index (χ1v) is 7.74. The summed E-state index contributed by atoms with van der Waals surface area (Å²) in [5.74, 6) is 1.49. The predicted molar refractivity (Wildman–Crippen MR) is 83.3 cm³/mol. The highest BCUT2D eigenvalue weighted by Crippen LogP contribution is 2.38. The first kappa shape index (κ1) is 13.2. The highest BCUT2D eigenvalue weighted by Gasteiger charge is 2.28. The van der Waals surface area contributed by atoms with E-state index in [1.807, 2.05) is 18.2 Å². The van der Waals surface area contributed by atoms with Crippen LogP contribution >= 0.6 is 23.8 Å². The first-order valence-electron chi connectivity index (χ1n) is 6.96. The Kier molecular flexibility index (Phi) is 3.44. The molecule has 1 aromatic heterocycles. The van der Waals surface area contributed by atoms with E-state index in [1.54, 1.807) is 0 Å². The number of H-pyrrole nitrogens is 1. The average molecular weight is 295 g/mol. The summed E-state index contributed by atoms with van der Waals surface area (Å²) in [6.07, 6.45) is 3.76. The smallest absolute Gasteiger partial charge is 0.178 e. The van der Waals surface area contributed by atoms with Gasteiger partial charge in [-0.15, -0.1) is 0 Å². The summed E-state index contributed by atoms with van der Waals surface area (Å²) in [5, 5.41) is 0.770. The fraction of sp³-hybridized carbons (Fsp3) is 0.533. The Morgan fingerprint density at radius 2 is 2.11 bits per heavy atom. The lowest BCUT2D eigenvalue weighted by Gasteiger charge is -2.33. The van der Waals surface area contributed by atoms with Gasteiger partial charge < -0.3 is 9.55 Å². The van der Waals surface area contributed by atoms with Crippen LogP contribution in [-0.2, 0) is 0 Å². The maximum atomic E-state index is 6.14. The molecule has 0 amide bonds. The first-order chi connectivity index (χ1) is 9.06. The van der Waals surface area contributed by atoms with Crippen molar-refractivity contribution in [2.75, 3.05) is 0 Å². The second-order valence-corrected chi connectivity index (χ2v) is 6.75. The van der Waals surface area contributed by atoms with Crippen LogP contribution in [0.5, 0.6) is 0 Å². The summed E-state index contributed by atoms with van der Waals surface area (Å²) < 4.78 is 3.11. The molecule has 1 heterocycles. The zero-order valence-corrected chi connectivity index (χ0v) is 12.9. The van der Waals surface area contributed by atoms with Crippen molar-refractivity contribution >= 4 is 34.9 Å². The van der Waals surface area contributed by atoms with Crippen molar-refractivity contribution in [2.24, 2.45) is 11.8 Å². The fourth-order valence-corrected chi connectivity index (χ4v) is 3.97. The van der Waals surface area contributed by atoms with Gasteiger partial charge in [0.25, 0.3) is 0 Å². The normalized spacial score (nSPS) is 27.8. The van der Waals surface area contributed by atoms with Crippen molar-refractivity contribution in [1.29, 1.82) is 0 Å². The van der Waals surface area contributed by atoms with Crippen LogP contribution in [0.1, 0.15) is 39.2 Å². The van der Waals surface area contributed by atoms with Gasteiger partial charge in [0.15, 0.2) is 4.77 Å². The number of hydrogen-bond donors (Lipinski definition) is 1. The molecule has 0 radical (unpaired) electrons. The van der Waals surface area contributed by atoms with Crippen molar-refractivity contribution in [3.8, 4) is 0 Å². The van der Waals surface area contributed by atoms with Crippen molar-refractivity contribution in [2.45, 2.75) is 39.2 Å². The van der Waals surface area contributed by atoms with E-state index < -0.39 is 0 Å². The molecule has 4 heteroatoms. The van der Waals surface area contributed by atoms with Crippen LogP contribution in [0, 0.1) is 16.6 Å². The maximum Gasteiger partial charge on any atom is 0.178 e. The molecule has 1 fully saturated rings. The number of benzene rings is 1. The Hall–Kier alpha value is -0.800.